The lowest BCUT2D eigenvalue weighted by Crippen LogP contribution is -2.31. The van der Waals surface area contributed by atoms with E-state index in [9.17, 15) is 4.79 Å². The Kier molecular flexibility index (Phi) is 6.22. The van der Waals surface area contributed by atoms with Crippen molar-refractivity contribution in [3.8, 4) is 0 Å². The van der Waals surface area contributed by atoms with E-state index in [0.717, 1.165) is 15.6 Å². The number of hydrogen-bond acceptors (Lipinski definition) is 2. The van der Waals surface area contributed by atoms with Gasteiger partial charge in [-0.15, -0.1) is 0 Å². The van der Waals surface area contributed by atoms with E-state index in [2.05, 4.69) is 21.2 Å². The summed E-state index contributed by atoms with van der Waals surface area (Å²) in [5.74, 6) is 0. The highest BCUT2D eigenvalue weighted by molar-refractivity contribution is 9.10. The third kappa shape index (κ3) is 5.74. The maximum absolute atomic E-state index is 11.7. The molecule has 0 heterocycles. The lowest BCUT2D eigenvalue weighted by Gasteiger charge is -2.10. The van der Waals surface area contributed by atoms with Crippen LogP contribution in [0.15, 0.2) is 65.1 Å². The van der Waals surface area contributed by atoms with Crippen LogP contribution in [-0.4, -0.2) is 12.1 Å². The van der Waals surface area contributed by atoms with Crippen LogP contribution in [0.2, 0.25) is 0 Å². The molecule has 0 aliphatic heterocycles. The molecule has 2 aromatic rings. The molecule has 2 aromatic carbocycles. The van der Waals surface area contributed by atoms with Crippen LogP contribution in [0.25, 0.3) is 6.08 Å². The van der Waals surface area contributed by atoms with E-state index in [4.69, 9.17) is 4.74 Å². The number of ether oxygens (including phenoxy) is 1. The fourth-order valence-electron chi connectivity index (χ4n) is 1.83. The zero-order chi connectivity index (χ0) is 15.8. The molecular weight excluding hydrogens is 342 g/mol. The summed E-state index contributed by atoms with van der Waals surface area (Å²) in [5, 5.41) is 2.77. The van der Waals surface area contributed by atoms with Gasteiger partial charge in [-0.05, 0) is 30.2 Å². The summed E-state index contributed by atoms with van der Waals surface area (Å²) in [5.41, 5.74) is 2.05. The van der Waals surface area contributed by atoms with Crippen molar-refractivity contribution in [2.45, 2.75) is 19.6 Å². The van der Waals surface area contributed by atoms with E-state index >= 15 is 0 Å². The molecule has 0 radical (unpaired) electrons. The maximum atomic E-state index is 11.7. The first-order valence-electron chi connectivity index (χ1n) is 7.04. The minimum atomic E-state index is -0.420. The lowest BCUT2D eigenvalue weighted by atomic mass is 10.2. The van der Waals surface area contributed by atoms with Gasteiger partial charge in [-0.3, -0.25) is 0 Å². The van der Waals surface area contributed by atoms with Gasteiger partial charge in [0.2, 0.25) is 0 Å². The van der Waals surface area contributed by atoms with Gasteiger partial charge < -0.3 is 10.1 Å². The first-order chi connectivity index (χ1) is 10.6. The first-order valence-corrected chi connectivity index (χ1v) is 7.84. The van der Waals surface area contributed by atoms with Gasteiger partial charge in [0.25, 0.3) is 0 Å². The molecule has 0 saturated heterocycles. The van der Waals surface area contributed by atoms with Crippen LogP contribution in [0, 0.1) is 0 Å². The van der Waals surface area contributed by atoms with Crippen molar-refractivity contribution in [2.24, 2.45) is 0 Å². The molecule has 0 fully saturated rings. The molecule has 0 aliphatic rings. The van der Waals surface area contributed by atoms with E-state index < -0.39 is 6.09 Å². The zero-order valence-electron chi connectivity index (χ0n) is 12.3. The average molecular weight is 360 g/mol. The normalized spacial score (nSPS) is 12.1. The molecule has 0 saturated carbocycles. The number of nitrogens with one attached hydrogen (secondary N) is 1. The SMILES string of the molecule is C[C@@H](/C=C/c1ccc(Br)cc1)NC(=O)OCc1ccccc1. The van der Waals surface area contributed by atoms with Gasteiger partial charge >= 0.3 is 6.09 Å². The first kappa shape index (κ1) is 16.3. The van der Waals surface area contributed by atoms with Gasteiger partial charge in [-0.1, -0.05) is 70.5 Å². The van der Waals surface area contributed by atoms with Crippen molar-refractivity contribution >= 4 is 28.1 Å². The highest BCUT2D eigenvalue weighted by atomic mass is 79.9. The Morgan fingerprint density at radius 2 is 1.86 bits per heavy atom. The standard InChI is InChI=1S/C18H18BrNO2/c1-14(7-8-15-9-11-17(19)12-10-15)20-18(21)22-13-16-5-3-2-4-6-16/h2-12,14H,13H2,1H3,(H,20,21)/b8-7+/t14-/m0/s1. The van der Waals surface area contributed by atoms with Gasteiger partial charge in [0.05, 0.1) is 0 Å². The van der Waals surface area contributed by atoms with Crippen LogP contribution in [0.1, 0.15) is 18.1 Å². The second-order valence-electron chi connectivity index (χ2n) is 4.91. The molecule has 1 N–H and O–H groups in total. The second kappa shape index (κ2) is 8.39. The van der Waals surface area contributed by atoms with Crippen LogP contribution < -0.4 is 5.32 Å². The molecule has 1 atom stereocenters. The summed E-state index contributed by atoms with van der Waals surface area (Å²) in [6.07, 6.45) is 3.47. The van der Waals surface area contributed by atoms with Crippen molar-refractivity contribution in [3.63, 3.8) is 0 Å². The number of alkyl carbamates (subject to hydrolysis) is 1. The third-order valence-corrected chi connectivity index (χ3v) is 3.53. The maximum Gasteiger partial charge on any atom is 0.407 e. The molecule has 0 spiro atoms. The molecule has 0 unspecified atom stereocenters. The quantitative estimate of drug-likeness (QED) is 0.834. The number of amides is 1. The average Bonchev–Trinajstić information content (AvgIpc) is 2.53. The summed E-state index contributed by atoms with van der Waals surface area (Å²) in [6, 6.07) is 17.5. The number of hydrogen-bond donors (Lipinski definition) is 1. The predicted octanol–water partition coefficient (Wildman–Crippen LogP) is 4.78. The molecule has 2 rings (SSSR count). The molecule has 22 heavy (non-hydrogen) atoms. The summed E-state index contributed by atoms with van der Waals surface area (Å²) in [6.45, 7) is 2.18. The van der Waals surface area contributed by atoms with Crippen molar-refractivity contribution in [1.82, 2.24) is 5.32 Å². The molecule has 1 amide bonds. The Morgan fingerprint density at radius 1 is 1.18 bits per heavy atom. The number of carbonyl (C=O) groups is 1. The number of carbonyl (C=O) groups excluding carboxylic acids is 1. The van der Waals surface area contributed by atoms with Crippen molar-refractivity contribution < 1.29 is 9.53 Å². The Bertz CT molecular complexity index is 623. The highest BCUT2D eigenvalue weighted by Crippen LogP contribution is 2.11. The van der Waals surface area contributed by atoms with Gasteiger partial charge in [-0.2, -0.15) is 0 Å². The largest absolute Gasteiger partial charge is 0.445 e. The topological polar surface area (TPSA) is 38.3 Å². The fourth-order valence-corrected chi connectivity index (χ4v) is 2.09. The van der Waals surface area contributed by atoms with Crippen LogP contribution in [0.4, 0.5) is 4.79 Å². The molecule has 0 aliphatic carbocycles. The molecular formula is C18H18BrNO2. The lowest BCUT2D eigenvalue weighted by molar-refractivity contribution is 0.138. The molecule has 4 heteroatoms. The van der Waals surface area contributed by atoms with Gasteiger partial charge in [0, 0.05) is 10.5 Å². The highest BCUT2D eigenvalue weighted by Gasteiger charge is 2.05. The minimum absolute atomic E-state index is 0.105. The fraction of sp³-hybridized carbons (Fsp3) is 0.167. The molecule has 3 nitrogen and oxygen atoms in total. The zero-order valence-corrected chi connectivity index (χ0v) is 13.9. The second-order valence-corrected chi connectivity index (χ2v) is 5.82. The molecule has 0 bridgehead atoms. The van der Waals surface area contributed by atoms with Gasteiger partial charge in [0.1, 0.15) is 6.61 Å². The number of benzene rings is 2. The van der Waals surface area contributed by atoms with Crippen LogP contribution in [0.5, 0.6) is 0 Å². The van der Waals surface area contributed by atoms with Crippen LogP contribution in [0.3, 0.4) is 0 Å². The van der Waals surface area contributed by atoms with E-state index in [1.165, 1.54) is 0 Å². The summed E-state index contributed by atoms with van der Waals surface area (Å²) in [4.78, 5) is 11.7. The Morgan fingerprint density at radius 3 is 2.55 bits per heavy atom. The minimum Gasteiger partial charge on any atom is -0.445 e. The van der Waals surface area contributed by atoms with Gasteiger partial charge in [-0.25, -0.2) is 4.79 Å². The van der Waals surface area contributed by atoms with Crippen molar-refractivity contribution in [1.29, 1.82) is 0 Å². The Labute approximate surface area is 139 Å². The summed E-state index contributed by atoms with van der Waals surface area (Å²) >= 11 is 3.40. The number of rotatable bonds is 5. The van der Waals surface area contributed by atoms with E-state index in [-0.39, 0.29) is 12.6 Å². The third-order valence-electron chi connectivity index (χ3n) is 3.01. The Hall–Kier alpha value is -2.07. The van der Waals surface area contributed by atoms with E-state index in [1.54, 1.807) is 0 Å². The van der Waals surface area contributed by atoms with Crippen molar-refractivity contribution in [3.05, 3.63) is 76.3 Å². The molecule has 0 aromatic heterocycles. The van der Waals surface area contributed by atoms with E-state index in [1.807, 2.05) is 73.7 Å². The number of halogens is 1. The summed E-state index contributed by atoms with van der Waals surface area (Å²) < 4.78 is 6.22. The van der Waals surface area contributed by atoms with Crippen LogP contribution >= 0.6 is 15.9 Å². The molecule has 114 valence electrons. The van der Waals surface area contributed by atoms with Crippen molar-refractivity contribution in [2.75, 3.05) is 0 Å². The van der Waals surface area contributed by atoms with Crippen LogP contribution in [-0.2, 0) is 11.3 Å². The van der Waals surface area contributed by atoms with E-state index in [0.29, 0.717) is 0 Å². The summed E-state index contributed by atoms with van der Waals surface area (Å²) in [7, 11) is 0. The Balaban J connectivity index is 1.77. The van der Waals surface area contributed by atoms with Gasteiger partial charge in [0.15, 0.2) is 0 Å². The monoisotopic (exact) mass is 359 g/mol. The predicted molar refractivity (Wildman–Crippen MR) is 92.4 cm³/mol. The smallest absolute Gasteiger partial charge is 0.407 e.